The Kier molecular flexibility index (Phi) is 11.1. The third-order valence-electron chi connectivity index (χ3n) is 4.64. The minimum Gasteiger partial charge on any atom is -0.384 e. The van der Waals surface area contributed by atoms with Crippen molar-refractivity contribution in [2.45, 2.75) is 26.7 Å². The zero-order valence-electron chi connectivity index (χ0n) is 19.5. The monoisotopic (exact) mass is 447 g/mol. The van der Waals surface area contributed by atoms with Crippen LogP contribution in [-0.2, 0) is 0 Å². The fourth-order valence-electron chi connectivity index (χ4n) is 2.75. The summed E-state index contributed by atoms with van der Waals surface area (Å²) < 4.78 is 0. The molecule has 0 saturated carbocycles. The minimum atomic E-state index is 0.479. The molecule has 0 amide bonds. The molecule has 0 fully saturated rings. The molecule has 3 heterocycles. The average Bonchev–Trinajstić information content (AvgIpc) is 3.40. The zero-order chi connectivity index (χ0) is 23.9. The van der Waals surface area contributed by atoms with E-state index in [0.29, 0.717) is 11.5 Å². The van der Waals surface area contributed by atoms with Crippen molar-refractivity contribution in [3.8, 4) is 11.3 Å². The number of benzene rings is 1. The standard InChI is InChI=1S/C15H18N6.C6H5NO.C4H10/c1-17-6-7-18-13-9-15(16)20-14-8-10(2-3-11(13)14)12-4-5-19-21-12;8-5-6-3-1-2-4-7-6;1-3-4-2/h2-5,8-9,17H,6-7H2,1H3,(H,19,21)(H3,16,18,20);1-5H;3-4H2,1-2H3. The normalized spacial score (nSPS) is 9.91. The number of carbonyl (C=O) groups excluding carboxylic acids is 1. The lowest BCUT2D eigenvalue weighted by Crippen LogP contribution is -2.18. The van der Waals surface area contributed by atoms with Gasteiger partial charge in [0.1, 0.15) is 11.5 Å². The van der Waals surface area contributed by atoms with Crippen LogP contribution < -0.4 is 16.4 Å². The summed E-state index contributed by atoms with van der Waals surface area (Å²) in [7, 11) is 1.93. The number of nitrogens with two attached hydrogens (primary N) is 1. The average molecular weight is 448 g/mol. The molecule has 4 aromatic rings. The number of aldehydes is 1. The van der Waals surface area contributed by atoms with Crippen molar-refractivity contribution in [1.82, 2.24) is 25.5 Å². The number of nitrogens with zero attached hydrogens (tertiary/aromatic N) is 3. The summed E-state index contributed by atoms with van der Waals surface area (Å²) in [6.45, 7) is 6.08. The maximum Gasteiger partial charge on any atom is 0.168 e. The van der Waals surface area contributed by atoms with Crippen LogP contribution in [0.25, 0.3) is 22.2 Å². The molecule has 0 aliphatic carbocycles. The van der Waals surface area contributed by atoms with Crippen LogP contribution in [0.2, 0.25) is 0 Å². The van der Waals surface area contributed by atoms with E-state index >= 15 is 0 Å². The molecule has 174 valence electrons. The summed E-state index contributed by atoms with van der Waals surface area (Å²) in [4.78, 5) is 18.1. The van der Waals surface area contributed by atoms with Gasteiger partial charge in [-0.2, -0.15) is 5.10 Å². The van der Waals surface area contributed by atoms with Crippen LogP contribution >= 0.6 is 0 Å². The molecule has 3 aromatic heterocycles. The molecule has 8 nitrogen and oxygen atoms in total. The molecule has 8 heteroatoms. The molecular formula is C25H33N7O. The van der Waals surface area contributed by atoms with Gasteiger partial charge >= 0.3 is 0 Å². The Hall–Kier alpha value is -3.78. The highest BCUT2D eigenvalue weighted by molar-refractivity contribution is 5.95. The van der Waals surface area contributed by atoms with Crippen LogP contribution in [0.1, 0.15) is 37.2 Å². The van der Waals surface area contributed by atoms with E-state index in [4.69, 9.17) is 5.73 Å². The lowest BCUT2D eigenvalue weighted by molar-refractivity contribution is 0.111. The summed E-state index contributed by atoms with van der Waals surface area (Å²) in [6, 6.07) is 15.1. The van der Waals surface area contributed by atoms with Crippen molar-refractivity contribution in [3.05, 3.63) is 66.6 Å². The van der Waals surface area contributed by atoms with Gasteiger partial charge in [-0.15, -0.1) is 0 Å². The Labute approximate surface area is 195 Å². The van der Waals surface area contributed by atoms with Gasteiger partial charge in [0.25, 0.3) is 0 Å². The molecule has 0 aliphatic rings. The number of hydrogen-bond acceptors (Lipinski definition) is 7. The molecule has 0 saturated heterocycles. The van der Waals surface area contributed by atoms with Gasteiger partial charge in [-0.25, -0.2) is 4.98 Å². The molecule has 4 rings (SSSR count). The lowest BCUT2D eigenvalue weighted by atomic mass is 10.1. The number of nitrogens with one attached hydrogen (secondary N) is 3. The molecule has 0 bridgehead atoms. The van der Waals surface area contributed by atoms with Crippen molar-refractivity contribution < 1.29 is 4.79 Å². The quantitative estimate of drug-likeness (QED) is 0.242. The van der Waals surface area contributed by atoms with E-state index < -0.39 is 0 Å². The Morgan fingerprint density at radius 3 is 2.42 bits per heavy atom. The van der Waals surface area contributed by atoms with Crippen LogP contribution in [0, 0.1) is 0 Å². The number of rotatable bonds is 7. The number of aromatic nitrogens is 4. The summed E-state index contributed by atoms with van der Waals surface area (Å²) in [6.07, 6.45) is 6.68. The Balaban J connectivity index is 0.000000265. The van der Waals surface area contributed by atoms with Gasteiger partial charge in [0.2, 0.25) is 0 Å². The number of H-pyrrole nitrogens is 1. The van der Waals surface area contributed by atoms with Crippen molar-refractivity contribution >= 4 is 28.7 Å². The van der Waals surface area contributed by atoms with Crippen molar-refractivity contribution in [3.63, 3.8) is 0 Å². The number of anilines is 2. The van der Waals surface area contributed by atoms with Gasteiger partial charge in [-0.05, 0) is 31.3 Å². The highest BCUT2D eigenvalue weighted by atomic mass is 16.1. The van der Waals surface area contributed by atoms with Crippen molar-refractivity contribution in [2.24, 2.45) is 0 Å². The van der Waals surface area contributed by atoms with E-state index in [1.54, 1.807) is 30.6 Å². The predicted octanol–water partition coefficient (Wildman–Crippen LogP) is 4.54. The van der Waals surface area contributed by atoms with E-state index in [1.807, 2.05) is 25.2 Å². The van der Waals surface area contributed by atoms with Crippen molar-refractivity contribution in [1.29, 1.82) is 0 Å². The summed E-state index contributed by atoms with van der Waals surface area (Å²) in [5.41, 5.74) is 10.3. The number of nitrogen functional groups attached to an aromatic ring is 1. The van der Waals surface area contributed by atoms with E-state index in [9.17, 15) is 4.79 Å². The first kappa shape index (κ1) is 25.5. The van der Waals surface area contributed by atoms with Crippen LogP contribution in [-0.4, -0.2) is 46.6 Å². The van der Waals surface area contributed by atoms with Crippen LogP contribution in [0.4, 0.5) is 11.5 Å². The molecule has 1 aromatic carbocycles. The molecule has 0 atom stereocenters. The number of likely N-dealkylation sites (N-methyl/N-ethyl adjacent to an activating group) is 1. The first-order chi connectivity index (χ1) is 16.1. The third kappa shape index (κ3) is 8.34. The highest BCUT2D eigenvalue weighted by Gasteiger charge is 2.07. The van der Waals surface area contributed by atoms with Crippen LogP contribution in [0.15, 0.2) is 60.9 Å². The second-order valence-corrected chi connectivity index (χ2v) is 7.20. The third-order valence-corrected chi connectivity index (χ3v) is 4.64. The van der Waals surface area contributed by atoms with Gasteiger partial charge in [-0.1, -0.05) is 44.9 Å². The topological polar surface area (TPSA) is 122 Å². The molecule has 0 spiro atoms. The second kappa shape index (κ2) is 14.3. The molecule has 33 heavy (non-hydrogen) atoms. The smallest absolute Gasteiger partial charge is 0.168 e. The van der Waals surface area contributed by atoms with E-state index in [1.165, 1.54) is 12.8 Å². The van der Waals surface area contributed by atoms with E-state index in [0.717, 1.165) is 47.2 Å². The largest absolute Gasteiger partial charge is 0.384 e. The van der Waals surface area contributed by atoms with Gasteiger partial charge in [-0.3, -0.25) is 14.9 Å². The minimum absolute atomic E-state index is 0.479. The number of unbranched alkanes of at least 4 members (excludes halogenated alkanes) is 1. The Bertz CT molecular complexity index is 1080. The molecule has 0 aliphatic heterocycles. The second-order valence-electron chi connectivity index (χ2n) is 7.20. The maximum absolute atomic E-state index is 9.94. The fourth-order valence-corrected chi connectivity index (χ4v) is 2.75. The van der Waals surface area contributed by atoms with Gasteiger partial charge in [0.15, 0.2) is 6.29 Å². The maximum atomic E-state index is 9.94. The SMILES string of the molecule is CCCC.CNCCNc1cc(N)nc2cc(-c3ccn[nH]3)ccc12.O=Cc1ccccn1. The molecule has 0 unspecified atom stereocenters. The van der Waals surface area contributed by atoms with E-state index in [2.05, 4.69) is 56.8 Å². The van der Waals surface area contributed by atoms with Gasteiger partial charge in [0, 0.05) is 48.2 Å². The van der Waals surface area contributed by atoms with E-state index in [-0.39, 0.29) is 0 Å². The number of hydrogen-bond donors (Lipinski definition) is 4. The fraction of sp³-hybridized carbons (Fsp3) is 0.280. The number of carbonyl (C=O) groups is 1. The summed E-state index contributed by atoms with van der Waals surface area (Å²) >= 11 is 0. The number of pyridine rings is 2. The van der Waals surface area contributed by atoms with Crippen molar-refractivity contribution in [2.75, 3.05) is 31.2 Å². The Morgan fingerprint density at radius 2 is 1.85 bits per heavy atom. The highest BCUT2D eigenvalue weighted by Crippen LogP contribution is 2.28. The van der Waals surface area contributed by atoms with Gasteiger partial charge in [0.05, 0.1) is 11.2 Å². The first-order valence-corrected chi connectivity index (χ1v) is 11.1. The predicted molar refractivity (Wildman–Crippen MR) is 136 cm³/mol. The zero-order valence-corrected chi connectivity index (χ0v) is 19.5. The Morgan fingerprint density at radius 1 is 1.03 bits per heavy atom. The summed E-state index contributed by atoms with van der Waals surface area (Å²) in [5.74, 6) is 0.510. The van der Waals surface area contributed by atoms with Crippen LogP contribution in [0.3, 0.4) is 0 Å². The molecular weight excluding hydrogens is 414 g/mol. The molecule has 0 radical (unpaired) electrons. The number of fused-ring (bicyclic) bond motifs is 1. The summed E-state index contributed by atoms with van der Waals surface area (Å²) in [5, 5.41) is 14.5. The lowest BCUT2D eigenvalue weighted by Gasteiger charge is -2.11. The first-order valence-electron chi connectivity index (χ1n) is 11.1. The van der Waals surface area contributed by atoms with Crippen LogP contribution in [0.5, 0.6) is 0 Å². The van der Waals surface area contributed by atoms with Gasteiger partial charge < -0.3 is 16.4 Å². The molecule has 5 N–H and O–H groups in total. The number of aromatic amines is 1.